The first-order valence-corrected chi connectivity index (χ1v) is 13.4. The highest BCUT2D eigenvalue weighted by atomic mass is 32.2. The molecule has 0 saturated carbocycles. The summed E-state index contributed by atoms with van der Waals surface area (Å²) >= 11 is 0. The number of unbranched alkanes of at least 4 members (excludes halogenated alkanes) is 2. The van der Waals surface area contributed by atoms with Crippen LogP contribution in [0.1, 0.15) is 51.0 Å². The lowest BCUT2D eigenvalue weighted by Crippen LogP contribution is -2.37. The molecule has 2 rings (SSSR count). The number of carbonyl (C=O) groups is 1. The SMILES string of the molecule is CCCCN(CCCC)CCNC(=O)C[S@@](=O)Cc1nc(-c2ccc(OC)c(OC)c2)oc1C. The molecule has 1 aromatic heterocycles. The van der Waals surface area contributed by atoms with Crippen molar-refractivity contribution >= 4 is 16.7 Å². The van der Waals surface area contributed by atoms with Crippen molar-refractivity contribution in [3.05, 3.63) is 29.7 Å². The van der Waals surface area contributed by atoms with E-state index in [2.05, 4.69) is 29.0 Å². The summed E-state index contributed by atoms with van der Waals surface area (Å²) < 4.78 is 29.0. The Morgan fingerprint density at radius 3 is 2.38 bits per heavy atom. The molecule has 2 aromatic rings. The number of aryl methyl sites for hydroxylation is 1. The molecule has 0 aliphatic carbocycles. The number of hydrogen-bond acceptors (Lipinski definition) is 7. The standard InChI is InChI=1S/C25H39N3O5S/c1-6-8-13-28(14-9-7-2)15-12-26-24(29)18-34(30)17-21-19(3)33-25(27-21)20-10-11-22(31-4)23(16-20)32-5/h10-11,16H,6-9,12-15,17-18H2,1-5H3,(H,26,29)/t34-/m0/s1. The van der Waals surface area contributed by atoms with Gasteiger partial charge in [-0.25, -0.2) is 4.98 Å². The third-order valence-corrected chi connectivity index (χ3v) is 6.70. The molecule has 8 nitrogen and oxygen atoms in total. The Morgan fingerprint density at radius 1 is 1.09 bits per heavy atom. The van der Waals surface area contributed by atoms with Crippen LogP contribution >= 0.6 is 0 Å². The van der Waals surface area contributed by atoms with Crippen LogP contribution in [0.5, 0.6) is 11.5 Å². The molecular weight excluding hydrogens is 454 g/mol. The fraction of sp³-hybridized carbons (Fsp3) is 0.600. The van der Waals surface area contributed by atoms with Crippen LogP contribution in [-0.2, 0) is 21.3 Å². The third kappa shape index (κ3) is 8.76. The summed E-state index contributed by atoms with van der Waals surface area (Å²) in [6, 6.07) is 5.38. The summed E-state index contributed by atoms with van der Waals surface area (Å²) in [5.41, 5.74) is 1.31. The molecule has 0 radical (unpaired) electrons. The van der Waals surface area contributed by atoms with Gasteiger partial charge in [0.1, 0.15) is 11.5 Å². The molecule has 1 heterocycles. The number of oxazole rings is 1. The van der Waals surface area contributed by atoms with Crippen molar-refractivity contribution in [3.8, 4) is 23.0 Å². The van der Waals surface area contributed by atoms with Crippen molar-refractivity contribution in [1.82, 2.24) is 15.2 Å². The fourth-order valence-electron chi connectivity index (χ4n) is 3.51. The number of rotatable bonds is 16. The van der Waals surface area contributed by atoms with Gasteiger partial charge in [-0.1, -0.05) is 26.7 Å². The zero-order valence-electron chi connectivity index (χ0n) is 21.1. The number of nitrogens with one attached hydrogen (secondary N) is 1. The molecule has 0 aliphatic rings. The highest BCUT2D eigenvalue weighted by Crippen LogP contribution is 2.32. The molecule has 0 spiro atoms. The van der Waals surface area contributed by atoms with Crippen molar-refractivity contribution in [2.24, 2.45) is 0 Å². The maximum absolute atomic E-state index is 12.6. The summed E-state index contributed by atoms with van der Waals surface area (Å²) in [7, 11) is 1.76. The molecule has 1 N–H and O–H groups in total. The lowest BCUT2D eigenvalue weighted by Gasteiger charge is -2.22. The van der Waals surface area contributed by atoms with E-state index >= 15 is 0 Å². The molecule has 0 fully saturated rings. The number of hydrogen-bond donors (Lipinski definition) is 1. The van der Waals surface area contributed by atoms with Crippen LogP contribution in [0.25, 0.3) is 11.5 Å². The van der Waals surface area contributed by atoms with Crippen molar-refractivity contribution in [2.45, 2.75) is 52.2 Å². The van der Waals surface area contributed by atoms with Gasteiger partial charge in [-0.2, -0.15) is 0 Å². The molecule has 0 bridgehead atoms. The third-order valence-electron chi connectivity index (χ3n) is 5.52. The first-order valence-electron chi connectivity index (χ1n) is 11.9. The van der Waals surface area contributed by atoms with Gasteiger partial charge in [0.05, 0.1) is 25.7 Å². The predicted octanol–water partition coefficient (Wildman–Crippen LogP) is 3.93. The van der Waals surface area contributed by atoms with Gasteiger partial charge in [-0.3, -0.25) is 9.00 Å². The van der Waals surface area contributed by atoms with Crippen LogP contribution in [0.3, 0.4) is 0 Å². The van der Waals surface area contributed by atoms with Crippen LogP contribution in [-0.4, -0.2) is 66.2 Å². The van der Waals surface area contributed by atoms with E-state index in [0.29, 0.717) is 35.4 Å². The maximum Gasteiger partial charge on any atom is 0.232 e. The number of benzene rings is 1. The molecule has 1 amide bonds. The Hall–Kier alpha value is -2.39. The number of ether oxygens (including phenoxy) is 2. The summed E-state index contributed by atoms with van der Waals surface area (Å²) in [6.45, 7) is 9.62. The average Bonchev–Trinajstić information content (AvgIpc) is 3.19. The lowest BCUT2D eigenvalue weighted by molar-refractivity contribution is -0.118. The van der Waals surface area contributed by atoms with E-state index in [4.69, 9.17) is 13.9 Å². The average molecular weight is 494 g/mol. The van der Waals surface area contributed by atoms with E-state index < -0.39 is 10.8 Å². The van der Waals surface area contributed by atoms with Crippen molar-refractivity contribution in [1.29, 1.82) is 0 Å². The van der Waals surface area contributed by atoms with E-state index in [1.165, 1.54) is 0 Å². The van der Waals surface area contributed by atoms with Gasteiger partial charge in [0.15, 0.2) is 11.5 Å². The molecule has 0 unspecified atom stereocenters. The van der Waals surface area contributed by atoms with Gasteiger partial charge in [-0.15, -0.1) is 0 Å². The first kappa shape index (κ1) is 27.9. The summed E-state index contributed by atoms with van der Waals surface area (Å²) in [6.07, 6.45) is 4.63. The molecule has 34 heavy (non-hydrogen) atoms. The minimum atomic E-state index is -1.38. The van der Waals surface area contributed by atoms with E-state index in [1.54, 1.807) is 33.3 Å². The van der Waals surface area contributed by atoms with Gasteiger partial charge < -0.3 is 24.1 Å². The number of nitrogens with zero attached hydrogens (tertiary/aromatic N) is 2. The molecular formula is C25H39N3O5S. The second kappa shape index (κ2) is 14.8. The number of amides is 1. The highest BCUT2D eigenvalue weighted by molar-refractivity contribution is 7.84. The highest BCUT2D eigenvalue weighted by Gasteiger charge is 2.17. The molecule has 190 valence electrons. The van der Waals surface area contributed by atoms with Gasteiger partial charge >= 0.3 is 0 Å². The van der Waals surface area contributed by atoms with E-state index in [-0.39, 0.29) is 17.4 Å². The number of methoxy groups -OCH3 is 2. The first-order chi connectivity index (χ1) is 16.4. The van der Waals surface area contributed by atoms with Gasteiger partial charge in [0.2, 0.25) is 11.8 Å². The van der Waals surface area contributed by atoms with Crippen LogP contribution in [0, 0.1) is 6.92 Å². The predicted molar refractivity (Wildman–Crippen MR) is 136 cm³/mol. The fourth-order valence-corrected chi connectivity index (χ4v) is 4.58. The Kier molecular flexibility index (Phi) is 12.1. The molecule has 1 aromatic carbocycles. The second-order valence-electron chi connectivity index (χ2n) is 8.22. The van der Waals surface area contributed by atoms with Crippen molar-refractivity contribution in [3.63, 3.8) is 0 Å². The van der Waals surface area contributed by atoms with Crippen LogP contribution in [0.4, 0.5) is 0 Å². The van der Waals surface area contributed by atoms with Crippen molar-refractivity contribution in [2.75, 3.05) is 46.2 Å². The topological polar surface area (TPSA) is 93.9 Å². The molecule has 0 aliphatic heterocycles. The van der Waals surface area contributed by atoms with Crippen LogP contribution < -0.4 is 14.8 Å². The maximum atomic E-state index is 12.6. The van der Waals surface area contributed by atoms with Crippen LogP contribution in [0.15, 0.2) is 22.6 Å². The van der Waals surface area contributed by atoms with E-state index in [0.717, 1.165) is 50.9 Å². The lowest BCUT2D eigenvalue weighted by atomic mass is 10.2. The Morgan fingerprint density at radius 2 is 1.76 bits per heavy atom. The number of aromatic nitrogens is 1. The largest absolute Gasteiger partial charge is 0.493 e. The summed E-state index contributed by atoms with van der Waals surface area (Å²) in [5.74, 6) is 2.08. The number of carbonyl (C=O) groups excluding carboxylic acids is 1. The van der Waals surface area contributed by atoms with Gasteiger partial charge in [0.25, 0.3) is 0 Å². The molecule has 9 heteroatoms. The zero-order chi connectivity index (χ0) is 24.9. The van der Waals surface area contributed by atoms with Crippen LogP contribution in [0.2, 0.25) is 0 Å². The molecule has 0 saturated heterocycles. The van der Waals surface area contributed by atoms with E-state index in [9.17, 15) is 9.00 Å². The van der Waals surface area contributed by atoms with Gasteiger partial charge in [-0.05, 0) is 51.1 Å². The normalized spacial score (nSPS) is 12.1. The quantitative estimate of drug-likeness (QED) is 0.379. The second-order valence-corrected chi connectivity index (χ2v) is 9.68. The van der Waals surface area contributed by atoms with E-state index in [1.807, 2.05) is 6.07 Å². The minimum absolute atomic E-state index is 0.0537. The summed E-state index contributed by atoms with van der Waals surface area (Å²) in [4.78, 5) is 19.2. The Bertz CT molecular complexity index is 923. The Balaban J connectivity index is 1.88. The van der Waals surface area contributed by atoms with Crippen molar-refractivity contribution < 1.29 is 22.9 Å². The molecule has 1 atom stereocenters. The summed E-state index contributed by atoms with van der Waals surface area (Å²) in [5, 5.41) is 2.91. The minimum Gasteiger partial charge on any atom is -0.493 e. The Labute approximate surface area is 205 Å². The van der Waals surface area contributed by atoms with Gasteiger partial charge in [0, 0.05) is 29.5 Å². The zero-order valence-corrected chi connectivity index (χ0v) is 22.0. The monoisotopic (exact) mass is 493 g/mol. The smallest absolute Gasteiger partial charge is 0.232 e.